The van der Waals surface area contributed by atoms with Crippen LogP contribution in [0.5, 0.6) is 17.2 Å². The van der Waals surface area contributed by atoms with E-state index < -0.39 is 0 Å². The second kappa shape index (κ2) is 8.18. The first-order valence-corrected chi connectivity index (χ1v) is 9.06. The number of methoxy groups -OCH3 is 4. The van der Waals surface area contributed by atoms with Crippen LogP contribution in [0.25, 0.3) is 16.0 Å². The van der Waals surface area contributed by atoms with Gasteiger partial charge in [0, 0.05) is 35.0 Å². The van der Waals surface area contributed by atoms with Crippen LogP contribution in [0.1, 0.15) is 12.0 Å². The van der Waals surface area contributed by atoms with Gasteiger partial charge in [-0.1, -0.05) is 0 Å². The lowest BCUT2D eigenvalue weighted by Crippen LogP contribution is -2.00. The van der Waals surface area contributed by atoms with Crippen LogP contribution in [-0.4, -0.2) is 32.8 Å². The summed E-state index contributed by atoms with van der Waals surface area (Å²) in [7, 11) is 6.42. The van der Waals surface area contributed by atoms with Crippen LogP contribution in [0, 0.1) is 0 Å². The molecule has 0 saturated heterocycles. The van der Waals surface area contributed by atoms with E-state index in [-0.39, 0.29) is 0 Å². The highest BCUT2D eigenvalue weighted by molar-refractivity contribution is 7.09. The van der Waals surface area contributed by atoms with Crippen LogP contribution in [0.2, 0.25) is 0 Å². The Morgan fingerprint density at radius 1 is 0.963 bits per heavy atom. The highest BCUT2D eigenvalue weighted by Gasteiger charge is 2.19. The third kappa shape index (κ3) is 3.64. The standard InChI is InChI=1S/C20H22N2O4S/c1-23-13-5-7-14(16(21)8-6-13)15-11-22-27-20(15)12-9-17(24-2)19(26-4)18(10-12)25-3/h5-7,9-11H,8,21H2,1-4H3. The fraction of sp³-hybridized carbons (Fsp3) is 0.250. The van der Waals surface area contributed by atoms with E-state index in [2.05, 4.69) is 4.37 Å². The summed E-state index contributed by atoms with van der Waals surface area (Å²) < 4.78 is 26.1. The number of nitrogens with zero attached hydrogens (tertiary/aromatic N) is 1. The summed E-state index contributed by atoms with van der Waals surface area (Å²) in [6, 6.07) is 3.82. The second-order valence-corrected chi connectivity index (χ2v) is 6.57. The summed E-state index contributed by atoms with van der Waals surface area (Å²) in [6.07, 6.45) is 8.26. The highest BCUT2D eigenvalue weighted by Crippen LogP contribution is 2.44. The van der Waals surface area contributed by atoms with Gasteiger partial charge in [-0.3, -0.25) is 0 Å². The van der Waals surface area contributed by atoms with Crippen LogP contribution in [0.3, 0.4) is 0 Å². The average Bonchev–Trinajstić information content (AvgIpc) is 3.10. The molecule has 142 valence electrons. The molecule has 1 aliphatic rings. The average molecular weight is 386 g/mol. The predicted octanol–water partition coefficient (Wildman–Crippen LogP) is 4.00. The Morgan fingerprint density at radius 3 is 2.26 bits per heavy atom. The van der Waals surface area contributed by atoms with Crippen molar-refractivity contribution >= 4 is 17.1 Å². The minimum atomic E-state index is 0.553. The molecule has 2 aromatic rings. The van der Waals surface area contributed by atoms with Crippen molar-refractivity contribution in [1.29, 1.82) is 0 Å². The van der Waals surface area contributed by atoms with Gasteiger partial charge >= 0.3 is 0 Å². The van der Waals surface area contributed by atoms with Crippen molar-refractivity contribution in [3.63, 3.8) is 0 Å². The number of hydrogen-bond donors (Lipinski definition) is 1. The van der Waals surface area contributed by atoms with Crippen LogP contribution in [0.4, 0.5) is 0 Å². The monoisotopic (exact) mass is 386 g/mol. The highest BCUT2D eigenvalue weighted by atomic mass is 32.1. The molecule has 0 amide bonds. The van der Waals surface area contributed by atoms with E-state index in [1.54, 1.807) is 28.4 Å². The molecule has 1 aromatic heterocycles. The molecule has 0 bridgehead atoms. The van der Waals surface area contributed by atoms with Gasteiger partial charge in [0.25, 0.3) is 0 Å². The maximum Gasteiger partial charge on any atom is 0.203 e. The lowest BCUT2D eigenvalue weighted by Gasteiger charge is -2.14. The number of allylic oxidation sites excluding steroid dienone is 4. The molecule has 0 aliphatic heterocycles. The van der Waals surface area contributed by atoms with E-state index in [1.165, 1.54) is 11.5 Å². The van der Waals surface area contributed by atoms with Crippen molar-refractivity contribution in [3.05, 3.63) is 53.6 Å². The normalized spacial score (nSPS) is 13.9. The van der Waals surface area contributed by atoms with E-state index in [0.29, 0.717) is 23.7 Å². The first-order chi connectivity index (χ1) is 13.1. The molecule has 0 atom stereocenters. The summed E-state index contributed by atoms with van der Waals surface area (Å²) in [6.45, 7) is 0. The van der Waals surface area contributed by atoms with Gasteiger partial charge in [-0.05, 0) is 41.9 Å². The van der Waals surface area contributed by atoms with Gasteiger partial charge in [-0.2, -0.15) is 4.37 Å². The zero-order valence-electron chi connectivity index (χ0n) is 15.7. The van der Waals surface area contributed by atoms with Gasteiger partial charge in [-0.15, -0.1) is 0 Å². The molecule has 1 aliphatic carbocycles. The fourth-order valence-electron chi connectivity index (χ4n) is 2.93. The van der Waals surface area contributed by atoms with Crippen LogP contribution in [0.15, 0.2) is 48.0 Å². The van der Waals surface area contributed by atoms with Crippen LogP contribution >= 0.6 is 11.5 Å². The minimum absolute atomic E-state index is 0.553. The van der Waals surface area contributed by atoms with Crippen molar-refractivity contribution in [3.8, 4) is 27.7 Å². The summed E-state index contributed by atoms with van der Waals surface area (Å²) in [5.74, 6) is 2.52. The minimum Gasteiger partial charge on any atom is -0.497 e. The number of hydrogen-bond acceptors (Lipinski definition) is 7. The van der Waals surface area contributed by atoms with Gasteiger partial charge in [0.2, 0.25) is 5.75 Å². The smallest absolute Gasteiger partial charge is 0.203 e. The first kappa shape index (κ1) is 18.8. The van der Waals surface area contributed by atoms with Gasteiger partial charge in [0.1, 0.15) is 5.76 Å². The summed E-state index contributed by atoms with van der Waals surface area (Å²) in [5.41, 5.74) is 9.88. The topological polar surface area (TPSA) is 75.8 Å². The lowest BCUT2D eigenvalue weighted by molar-refractivity contribution is 0.305. The Kier molecular flexibility index (Phi) is 5.71. The number of ether oxygens (including phenoxy) is 4. The van der Waals surface area contributed by atoms with Crippen molar-refractivity contribution in [2.45, 2.75) is 6.42 Å². The Hall–Kier alpha value is -2.93. The lowest BCUT2D eigenvalue weighted by atomic mass is 10.0. The zero-order valence-corrected chi connectivity index (χ0v) is 16.6. The summed E-state index contributed by atoms with van der Waals surface area (Å²) in [5, 5.41) is 0. The molecule has 0 saturated carbocycles. The van der Waals surface area contributed by atoms with E-state index >= 15 is 0 Å². The molecule has 1 aromatic carbocycles. The Balaban J connectivity index is 2.11. The largest absolute Gasteiger partial charge is 0.497 e. The van der Waals surface area contributed by atoms with E-state index in [0.717, 1.165) is 33.0 Å². The van der Waals surface area contributed by atoms with Crippen LogP contribution in [-0.2, 0) is 4.74 Å². The Bertz CT molecular complexity index is 903. The SMILES string of the molecule is COC1=CCC(N)=C(c2cnsc2-c2cc(OC)c(OC)c(OC)c2)C=C1. The van der Waals surface area contributed by atoms with Crippen molar-refractivity contribution in [2.24, 2.45) is 5.73 Å². The third-order valence-electron chi connectivity index (χ3n) is 4.31. The maximum absolute atomic E-state index is 6.33. The molecule has 27 heavy (non-hydrogen) atoms. The van der Waals surface area contributed by atoms with Gasteiger partial charge < -0.3 is 24.7 Å². The van der Waals surface area contributed by atoms with Crippen molar-refractivity contribution < 1.29 is 18.9 Å². The molecule has 0 unspecified atom stereocenters. The summed E-state index contributed by atoms with van der Waals surface area (Å²) in [4.78, 5) is 0.970. The number of nitrogens with two attached hydrogens (primary N) is 1. The third-order valence-corrected chi connectivity index (χ3v) is 5.16. The predicted molar refractivity (Wildman–Crippen MR) is 107 cm³/mol. The van der Waals surface area contributed by atoms with E-state index in [4.69, 9.17) is 24.7 Å². The molecule has 1 heterocycles. The van der Waals surface area contributed by atoms with E-state index in [1.807, 2.05) is 36.6 Å². The Labute approximate surface area is 162 Å². The molecule has 6 nitrogen and oxygen atoms in total. The van der Waals surface area contributed by atoms with Gasteiger partial charge in [-0.25, -0.2) is 0 Å². The van der Waals surface area contributed by atoms with Crippen molar-refractivity contribution in [1.82, 2.24) is 4.37 Å². The molecule has 3 rings (SSSR count). The van der Waals surface area contributed by atoms with Gasteiger partial charge in [0.15, 0.2) is 11.5 Å². The Morgan fingerprint density at radius 2 is 1.67 bits per heavy atom. The fourth-order valence-corrected chi connectivity index (χ4v) is 3.67. The second-order valence-electron chi connectivity index (χ2n) is 5.77. The molecular weight excluding hydrogens is 364 g/mol. The molecule has 0 spiro atoms. The molecule has 0 fully saturated rings. The molecule has 0 radical (unpaired) electrons. The molecule has 2 N–H and O–H groups in total. The van der Waals surface area contributed by atoms with Gasteiger partial charge in [0.05, 0.1) is 33.3 Å². The number of rotatable bonds is 6. The molecular formula is C20H22N2O4S. The first-order valence-electron chi connectivity index (χ1n) is 8.29. The quantitative estimate of drug-likeness (QED) is 0.809. The molecule has 7 heteroatoms. The van der Waals surface area contributed by atoms with E-state index in [9.17, 15) is 0 Å². The number of aromatic nitrogens is 1. The number of benzene rings is 1. The maximum atomic E-state index is 6.33. The van der Waals surface area contributed by atoms with Crippen LogP contribution < -0.4 is 19.9 Å². The van der Waals surface area contributed by atoms with Crippen molar-refractivity contribution in [2.75, 3.05) is 28.4 Å². The summed E-state index contributed by atoms with van der Waals surface area (Å²) >= 11 is 1.39. The zero-order chi connectivity index (χ0) is 19.4.